The standard InChI is InChI=1S/C15H27NO2/c1-11-6-12(2)8-13(7-11)18-14(17)9-15(10-16)4-3-5-15/h11-13H,3-10,16H2,1-2H3. The lowest BCUT2D eigenvalue weighted by Crippen LogP contribution is -2.40. The van der Waals surface area contributed by atoms with Crippen molar-refractivity contribution in [3.63, 3.8) is 0 Å². The summed E-state index contributed by atoms with van der Waals surface area (Å²) in [6, 6.07) is 0. The molecule has 18 heavy (non-hydrogen) atoms. The van der Waals surface area contributed by atoms with Crippen molar-refractivity contribution in [1.82, 2.24) is 0 Å². The van der Waals surface area contributed by atoms with Crippen molar-refractivity contribution in [3.05, 3.63) is 0 Å². The average molecular weight is 253 g/mol. The summed E-state index contributed by atoms with van der Waals surface area (Å²) in [5.41, 5.74) is 5.86. The number of esters is 1. The molecule has 2 aliphatic carbocycles. The van der Waals surface area contributed by atoms with Crippen LogP contribution in [0.2, 0.25) is 0 Å². The molecule has 0 amide bonds. The highest BCUT2D eigenvalue weighted by Gasteiger charge is 2.39. The predicted octanol–water partition coefficient (Wildman–Crippen LogP) is 2.87. The molecule has 2 atom stereocenters. The molecule has 3 heteroatoms. The van der Waals surface area contributed by atoms with Gasteiger partial charge in [-0.05, 0) is 55.9 Å². The number of carbonyl (C=O) groups excluding carboxylic acids is 1. The number of nitrogens with two attached hydrogens (primary N) is 1. The monoisotopic (exact) mass is 253 g/mol. The molecule has 0 aliphatic heterocycles. The first-order chi connectivity index (χ1) is 8.53. The van der Waals surface area contributed by atoms with Gasteiger partial charge in [-0.15, -0.1) is 0 Å². The maximum Gasteiger partial charge on any atom is 0.306 e. The maximum absolute atomic E-state index is 12.0. The first-order valence-corrected chi connectivity index (χ1v) is 7.42. The van der Waals surface area contributed by atoms with Gasteiger partial charge in [0, 0.05) is 0 Å². The zero-order valence-electron chi connectivity index (χ0n) is 11.8. The molecular formula is C15H27NO2. The van der Waals surface area contributed by atoms with E-state index in [4.69, 9.17) is 10.5 Å². The Morgan fingerprint density at radius 2 is 1.83 bits per heavy atom. The molecule has 2 aliphatic rings. The lowest BCUT2D eigenvalue weighted by Gasteiger charge is -2.40. The van der Waals surface area contributed by atoms with Crippen LogP contribution in [0.1, 0.15) is 58.8 Å². The van der Waals surface area contributed by atoms with Gasteiger partial charge >= 0.3 is 5.97 Å². The van der Waals surface area contributed by atoms with E-state index in [0.29, 0.717) is 24.8 Å². The van der Waals surface area contributed by atoms with Gasteiger partial charge in [0.2, 0.25) is 0 Å². The minimum atomic E-state index is -0.0218. The molecule has 3 nitrogen and oxygen atoms in total. The zero-order valence-corrected chi connectivity index (χ0v) is 11.8. The summed E-state index contributed by atoms with van der Waals surface area (Å²) in [6.45, 7) is 5.13. The molecular weight excluding hydrogens is 226 g/mol. The van der Waals surface area contributed by atoms with Crippen LogP contribution < -0.4 is 5.73 Å². The number of rotatable bonds is 4. The van der Waals surface area contributed by atoms with E-state index in [1.54, 1.807) is 0 Å². The second-order valence-electron chi connectivity index (χ2n) is 6.76. The number of ether oxygens (including phenoxy) is 1. The largest absolute Gasteiger partial charge is 0.462 e. The molecule has 104 valence electrons. The smallest absolute Gasteiger partial charge is 0.306 e. The highest BCUT2D eigenvalue weighted by atomic mass is 16.5. The molecule has 0 saturated heterocycles. The quantitative estimate of drug-likeness (QED) is 0.784. The minimum absolute atomic E-state index is 0.0218. The summed E-state index contributed by atoms with van der Waals surface area (Å²) in [4.78, 5) is 12.0. The lowest BCUT2D eigenvalue weighted by atomic mass is 9.67. The summed E-state index contributed by atoms with van der Waals surface area (Å²) >= 11 is 0. The number of hydrogen-bond acceptors (Lipinski definition) is 3. The second kappa shape index (κ2) is 5.60. The van der Waals surface area contributed by atoms with E-state index in [2.05, 4.69) is 13.8 Å². The van der Waals surface area contributed by atoms with Gasteiger partial charge < -0.3 is 10.5 Å². The topological polar surface area (TPSA) is 52.3 Å². The Morgan fingerprint density at radius 1 is 1.22 bits per heavy atom. The van der Waals surface area contributed by atoms with Crippen LogP contribution >= 0.6 is 0 Å². The molecule has 0 bridgehead atoms. The van der Waals surface area contributed by atoms with Gasteiger partial charge in [0.05, 0.1) is 6.42 Å². The van der Waals surface area contributed by atoms with E-state index < -0.39 is 0 Å². The van der Waals surface area contributed by atoms with Gasteiger partial charge in [0.25, 0.3) is 0 Å². The molecule has 0 aromatic rings. The van der Waals surface area contributed by atoms with Crippen LogP contribution in [0.15, 0.2) is 0 Å². The minimum Gasteiger partial charge on any atom is -0.462 e. The Morgan fingerprint density at radius 3 is 2.28 bits per heavy atom. The van der Waals surface area contributed by atoms with Gasteiger partial charge in [-0.2, -0.15) is 0 Å². The zero-order chi connectivity index (χ0) is 13.2. The highest BCUT2D eigenvalue weighted by molar-refractivity contribution is 5.70. The Kier molecular flexibility index (Phi) is 4.31. The SMILES string of the molecule is CC1CC(C)CC(OC(=O)CC2(CN)CCC2)C1. The summed E-state index contributed by atoms with van der Waals surface area (Å²) in [5, 5.41) is 0. The van der Waals surface area contributed by atoms with Crippen LogP contribution in [0.3, 0.4) is 0 Å². The molecule has 0 heterocycles. The van der Waals surface area contributed by atoms with E-state index in [1.165, 1.54) is 12.8 Å². The van der Waals surface area contributed by atoms with Gasteiger partial charge in [-0.25, -0.2) is 0 Å². The van der Waals surface area contributed by atoms with Crippen LogP contribution in [-0.2, 0) is 9.53 Å². The van der Waals surface area contributed by atoms with E-state index in [1.807, 2.05) is 0 Å². The maximum atomic E-state index is 12.0. The van der Waals surface area contributed by atoms with Crippen LogP contribution in [-0.4, -0.2) is 18.6 Å². The first-order valence-electron chi connectivity index (χ1n) is 7.42. The van der Waals surface area contributed by atoms with Crippen molar-refractivity contribution in [2.75, 3.05) is 6.54 Å². The third kappa shape index (κ3) is 3.25. The summed E-state index contributed by atoms with van der Waals surface area (Å²) in [5.74, 6) is 1.34. The van der Waals surface area contributed by atoms with E-state index in [-0.39, 0.29) is 17.5 Å². The van der Waals surface area contributed by atoms with Crippen molar-refractivity contribution >= 4 is 5.97 Å². The molecule has 2 rings (SSSR count). The highest BCUT2D eigenvalue weighted by Crippen LogP contribution is 2.43. The number of hydrogen-bond donors (Lipinski definition) is 1. The Bertz CT molecular complexity index is 283. The normalized spacial score (nSPS) is 34.7. The second-order valence-corrected chi connectivity index (χ2v) is 6.76. The van der Waals surface area contributed by atoms with Crippen LogP contribution in [0, 0.1) is 17.3 Å². The molecule has 0 aromatic heterocycles. The molecule has 0 radical (unpaired) electrons. The fourth-order valence-electron chi connectivity index (χ4n) is 3.63. The fourth-order valence-corrected chi connectivity index (χ4v) is 3.63. The molecule has 2 fully saturated rings. The van der Waals surface area contributed by atoms with Crippen LogP contribution in [0.25, 0.3) is 0 Å². The van der Waals surface area contributed by atoms with E-state index >= 15 is 0 Å². The third-order valence-corrected chi connectivity index (χ3v) is 4.80. The molecule has 2 N–H and O–H groups in total. The van der Waals surface area contributed by atoms with Crippen molar-refractivity contribution in [1.29, 1.82) is 0 Å². The summed E-state index contributed by atoms with van der Waals surface area (Å²) in [6.07, 6.45) is 7.40. The lowest BCUT2D eigenvalue weighted by molar-refractivity contribution is -0.156. The average Bonchev–Trinajstić information content (AvgIpc) is 2.21. The Balaban J connectivity index is 1.80. The van der Waals surface area contributed by atoms with E-state index in [9.17, 15) is 4.79 Å². The Hall–Kier alpha value is -0.570. The molecule has 0 spiro atoms. The van der Waals surface area contributed by atoms with E-state index in [0.717, 1.165) is 25.7 Å². The molecule has 2 saturated carbocycles. The van der Waals surface area contributed by atoms with Gasteiger partial charge in [0.15, 0.2) is 0 Å². The summed E-state index contributed by atoms with van der Waals surface area (Å²) in [7, 11) is 0. The Labute approximate surface area is 110 Å². The fraction of sp³-hybridized carbons (Fsp3) is 0.933. The number of carbonyl (C=O) groups is 1. The third-order valence-electron chi connectivity index (χ3n) is 4.80. The van der Waals surface area contributed by atoms with Crippen LogP contribution in [0.4, 0.5) is 0 Å². The van der Waals surface area contributed by atoms with Crippen molar-refractivity contribution < 1.29 is 9.53 Å². The van der Waals surface area contributed by atoms with Crippen LogP contribution in [0.5, 0.6) is 0 Å². The molecule has 0 aromatic carbocycles. The molecule has 2 unspecified atom stereocenters. The van der Waals surface area contributed by atoms with Crippen molar-refractivity contribution in [2.24, 2.45) is 23.0 Å². The van der Waals surface area contributed by atoms with Gasteiger partial charge in [-0.3, -0.25) is 4.79 Å². The van der Waals surface area contributed by atoms with Gasteiger partial charge in [0.1, 0.15) is 6.10 Å². The summed E-state index contributed by atoms with van der Waals surface area (Å²) < 4.78 is 5.67. The van der Waals surface area contributed by atoms with Gasteiger partial charge in [-0.1, -0.05) is 20.3 Å². The van der Waals surface area contributed by atoms with Crippen molar-refractivity contribution in [3.8, 4) is 0 Å². The predicted molar refractivity (Wildman–Crippen MR) is 72.0 cm³/mol. The van der Waals surface area contributed by atoms with Crippen molar-refractivity contribution in [2.45, 2.75) is 64.9 Å². The first kappa shape index (κ1) is 13.9.